The van der Waals surface area contributed by atoms with Crippen LogP contribution in [0.25, 0.3) is 0 Å². The lowest BCUT2D eigenvalue weighted by atomic mass is 9.91. The van der Waals surface area contributed by atoms with Gasteiger partial charge in [0, 0.05) is 6.54 Å². The number of methoxy groups -OCH3 is 2. The van der Waals surface area contributed by atoms with Gasteiger partial charge in [-0.25, -0.2) is 9.59 Å². The molecule has 3 aromatic carbocycles. The number of carbonyl (C=O) groups excluding carboxylic acids is 2. The quantitative estimate of drug-likeness (QED) is 0.189. The van der Waals surface area contributed by atoms with Crippen LogP contribution in [0.5, 0.6) is 17.2 Å². The zero-order chi connectivity index (χ0) is 34.1. The minimum Gasteiger partial charge on any atom is -0.493 e. The van der Waals surface area contributed by atoms with Crippen molar-refractivity contribution < 1.29 is 38.4 Å². The summed E-state index contributed by atoms with van der Waals surface area (Å²) >= 11 is 0. The summed E-state index contributed by atoms with van der Waals surface area (Å²) in [5, 5.41) is 9.09. The summed E-state index contributed by atoms with van der Waals surface area (Å²) < 4.78 is 22.8. The number of rotatable bonds is 14. The van der Waals surface area contributed by atoms with Gasteiger partial charge in [0.25, 0.3) is 0 Å². The molecule has 0 bridgehead atoms. The maximum absolute atomic E-state index is 14.2. The standard InChI is InChI=1S/C38H47NO8/c1-7-31(29-20-26(4)36(45-6)34(22-29)44-5)37(42)39-18-9-8-13-32(39)38(43)47-33(17-16-27-15-14-24(2)25(3)19-27)28-11-10-12-30(21-28)46-23-35(40)41/h10-12,14-15,19-22,31-33H,7-9,13,16-18,23H2,1-6H3,(H,40,41)/t31?,32-,33+/m0/s1. The van der Waals surface area contributed by atoms with Crippen molar-refractivity contribution in [1.29, 1.82) is 0 Å². The van der Waals surface area contributed by atoms with E-state index in [1.165, 1.54) is 11.1 Å². The molecule has 9 nitrogen and oxygen atoms in total. The van der Waals surface area contributed by atoms with Gasteiger partial charge in [0.2, 0.25) is 5.91 Å². The second-order valence-corrected chi connectivity index (χ2v) is 12.2. The van der Waals surface area contributed by atoms with Crippen molar-refractivity contribution in [3.63, 3.8) is 0 Å². The first-order valence-electron chi connectivity index (χ1n) is 16.3. The van der Waals surface area contributed by atoms with Gasteiger partial charge in [-0.05, 0) is 111 Å². The second kappa shape index (κ2) is 16.3. The molecule has 0 spiro atoms. The highest BCUT2D eigenvalue weighted by Gasteiger charge is 2.38. The van der Waals surface area contributed by atoms with E-state index in [2.05, 4.69) is 32.0 Å². The van der Waals surface area contributed by atoms with Gasteiger partial charge in [-0.1, -0.05) is 43.3 Å². The maximum atomic E-state index is 14.2. The Balaban J connectivity index is 1.60. The smallest absolute Gasteiger partial charge is 0.341 e. The van der Waals surface area contributed by atoms with Crippen molar-refractivity contribution in [3.05, 3.63) is 88.0 Å². The molecule has 4 rings (SSSR count). The predicted octanol–water partition coefficient (Wildman–Crippen LogP) is 6.88. The first kappa shape index (κ1) is 35.3. The minimum absolute atomic E-state index is 0.114. The molecular weight excluding hydrogens is 598 g/mol. The Morgan fingerprint density at radius 3 is 2.38 bits per heavy atom. The SMILES string of the molecule is CCC(C(=O)N1CCCC[C@H]1C(=O)O[C@H](CCc1ccc(C)c(C)c1)c1cccc(OCC(=O)O)c1)c1cc(C)c(OC)c(OC)c1. The number of piperidine rings is 1. The van der Waals surface area contributed by atoms with E-state index in [1.807, 2.05) is 32.0 Å². The number of likely N-dealkylation sites (tertiary alicyclic amines) is 1. The Morgan fingerprint density at radius 2 is 1.70 bits per heavy atom. The predicted molar refractivity (Wildman–Crippen MR) is 179 cm³/mol. The number of carboxylic acids is 1. The van der Waals surface area contributed by atoms with Crippen LogP contribution in [0, 0.1) is 20.8 Å². The first-order chi connectivity index (χ1) is 22.6. The Hall–Kier alpha value is -4.53. The fourth-order valence-corrected chi connectivity index (χ4v) is 6.30. The molecule has 1 saturated heterocycles. The number of esters is 1. The molecule has 3 aromatic rings. The van der Waals surface area contributed by atoms with E-state index >= 15 is 0 Å². The largest absolute Gasteiger partial charge is 0.493 e. The van der Waals surface area contributed by atoms with E-state index in [0.717, 1.165) is 29.5 Å². The molecule has 3 atom stereocenters. The third-order valence-corrected chi connectivity index (χ3v) is 8.97. The molecule has 0 aliphatic carbocycles. The van der Waals surface area contributed by atoms with E-state index in [1.54, 1.807) is 37.3 Å². The number of benzene rings is 3. The summed E-state index contributed by atoms with van der Waals surface area (Å²) in [7, 11) is 3.16. The van der Waals surface area contributed by atoms with Crippen LogP contribution in [0.3, 0.4) is 0 Å². The van der Waals surface area contributed by atoms with Crippen molar-refractivity contribution in [2.45, 2.75) is 84.3 Å². The van der Waals surface area contributed by atoms with Crippen LogP contribution in [0.1, 0.15) is 84.4 Å². The molecule has 1 amide bonds. The topological polar surface area (TPSA) is 112 Å². The zero-order valence-corrected chi connectivity index (χ0v) is 28.3. The van der Waals surface area contributed by atoms with Crippen LogP contribution in [-0.2, 0) is 25.5 Å². The minimum atomic E-state index is -1.08. The molecule has 1 heterocycles. The van der Waals surface area contributed by atoms with Crippen molar-refractivity contribution in [3.8, 4) is 17.2 Å². The lowest BCUT2D eigenvalue weighted by Gasteiger charge is -2.37. The van der Waals surface area contributed by atoms with Gasteiger partial charge in [0.15, 0.2) is 18.1 Å². The number of carboxylic acid groups (broad SMARTS) is 1. The summed E-state index contributed by atoms with van der Waals surface area (Å²) in [4.78, 5) is 41.0. The zero-order valence-electron chi connectivity index (χ0n) is 28.3. The number of amides is 1. The average Bonchev–Trinajstić information content (AvgIpc) is 3.07. The third kappa shape index (κ3) is 8.84. The monoisotopic (exact) mass is 645 g/mol. The van der Waals surface area contributed by atoms with Gasteiger partial charge in [0.1, 0.15) is 17.9 Å². The molecule has 1 fully saturated rings. The molecule has 0 saturated carbocycles. The van der Waals surface area contributed by atoms with Crippen molar-refractivity contribution in [2.75, 3.05) is 27.4 Å². The number of hydrogen-bond acceptors (Lipinski definition) is 7. The van der Waals surface area contributed by atoms with Crippen LogP contribution >= 0.6 is 0 Å². The van der Waals surface area contributed by atoms with Crippen LogP contribution < -0.4 is 14.2 Å². The van der Waals surface area contributed by atoms with Gasteiger partial charge in [-0.3, -0.25) is 4.79 Å². The molecule has 0 aromatic heterocycles. The molecule has 1 unspecified atom stereocenters. The number of nitrogens with zero attached hydrogens (tertiary/aromatic N) is 1. The number of ether oxygens (including phenoxy) is 4. The van der Waals surface area contributed by atoms with E-state index < -0.39 is 36.6 Å². The van der Waals surface area contributed by atoms with Gasteiger partial charge >= 0.3 is 11.9 Å². The Labute approximate surface area is 277 Å². The summed E-state index contributed by atoms with van der Waals surface area (Å²) in [6, 6.07) is 16.4. The third-order valence-electron chi connectivity index (χ3n) is 8.97. The van der Waals surface area contributed by atoms with E-state index in [-0.39, 0.29) is 5.91 Å². The molecule has 1 N–H and O–H groups in total. The molecule has 0 radical (unpaired) electrons. The average molecular weight is 646 g/mol. The first-order valence-corrected chi connectivity index (χ1v) is 16.3. The van der Waals surface area contributed by atoms with Gasteiger partial charge in [-0.15, -0.1) is 0 Å². The second-order valence-electron chi connectivity index (χ2n) is 12.2. The number of aliphatic carboxylic acids is 1. The fraction of sp³-hybridized carbons (Fsp3) is 0.447. The molecule has 9 heteroatoms. The summed E-state index contributed by atoms with van der Waals surface area (Å²) in [6.45, 7) is 8.01. The van der Waals surface area contributed by atoms with E-state index in [9.17, 15) is 14.4 Å². The highest BCUT2D eigenvalue weighted by Crippen LogP contribution is 2.37. The highest BCUT2D eigenvalue weighted by atomic mass is 16.5. The normalized spacial score (nSPS) is 15.8. The van der Waals surface area contributed by atoms with Gasteiger partial charge < -0.3 is 29.0 Å². The Bertz CT molecular complexity index is 1570. The van der Waals surface area contributed by atoms with Crippen LogP contribution in [0.15, 0.2) is 54.6 Å². The van der Waals surface area contributed by atoms with Gasteiger partial charge in [0.05, 0.1) is 20.1 Å². The van der Waals surface area contributed by atoms with Crippen LogP contribution in [0.4, 0.5) is 0 Å². The van der Waals surface area contributed by atoms with Crippen LogP contribution in [-0.4, -0.2) is 61.3 Å². The summed E-state index contributed by atoms with van der Waals surface area (Å²) in [5.74, 6) is -0.543. The van der Waals surface area contributed by atoms with Crippen LogP contribution in [0.2, 0.25) is 0 Å². The molecular formula is C38H47NO8. The fourth-order valence-electron chi connectivity index (χ4n) is 6.30. The van der Waals surface area contributed by atoms with E-state index in [4.69, 9.17) is 24.1 Å². The highest BCUT2D eigenvalue weighted by molar-refractivity contribution is 5.89. The number of aryl methyl sites for hydroxylation is 4. The molecule has 252 valence electrons. The summed E-state index contributed by atoms with van der Waals surface area (Å²) in [5.41, 5.74) is 5.89. The van der Waals surface area contributed by atoms with Crippen molar-refractivity contribution in [2.24, 2.45) is 0 Å². The summed E-state index contributed by atoms with van der Waals surface area (Å²) in [6.07, 6.45) is 3.19. The molecule has 1 aliphatic heterocycles. The van der Waals surface area contributed by atoms with Gasteiger partial charge in [-0.2, -0.15) is 0 Å². The Kier molecular flexibility index (Phi) is 12.3. The molecule has 47 heavy (non-hydrogen) atoms. The number of hydrogen-bond donors (Lipinski definition) is 1. The lowest BCUT2D eigenvalue weighted by Crippen LogP contribution is -2.50. The van der Waals surface area contributed by atoms with Crippen molar-refractivity contribution >= 4 is 17.8 Å². The maximum Gasteiger partial charge on any atom is 0.341 e. The van der Waals surface area contributed by atoms with Crippen molar-refractivity contribution in [1.82, 2.24) is 4.90 Å². The Morgan fingerprint density at radius 1 is 0.915 bits per heavy atom. The molecule has 1 aliphatic rings. The lowest BCUT2D eigenvalue weighted by molar-refractivity contribution is -0.162. The van der Waals surface area contributed by atoms with E-state index in [0.29, 0.717) is 55.0 Å². The number of carbonyl (C=O) groups is 3.